The summed E-state index contributed by atoms with van der Waals surface area (Å²) < 4.78 is 27.3. The predicted molar refractivity (Wildman–Crippen MR) is 84.5 cm³/mol. The Morgan fingerprint density at radius 1 is 1.40 bits per heavy atom. The van der Waals surface area contributed by atoms with Crippen molar-refractivity contribution in [1.82, 2.24) is 10.0 Å². The minimum absolute atomic E-state index is 0.357. The molecule has 0 bridgehead atoms. The first-order chi connectivity index (χ1) is 9.62. The van der Waals surface area contributed by atoms with Gasteiger partial charge in [-0.2, -0.15) is 11.8 Å². The molecule has 2 N–H and O–H groups in total. The monoisotopic (exact) mass is 314 g/mol. The molecule has 1 atom stereocenters. The van der Waals surface area contributed by atoms with E-state index >= 15 is 0 Å². The molecule has 112 valence electrons. The average molecular weight is 314 g/mol. The summed E-state index contributed by atoms with van der Waals surface area (Å²) in [4.78, 5) is 0.357. The van der Waals surface area contributed by atoms with E-state index in [-0.39, 0.29) is 0 Å². The van der Waals surface area contributed by atoms with Crippen molar-refractivity contribution in [2.24, 2.45) is 0 Å². The van der Waals surface area contributed by atoms with Crippen molar-refractivity contribution in [3.05, 3.63) is 29.8 Å². The van der Waals surface area contributed by atoms with Gasteiger partial charge in [0.1, 0.15) is 0 Å². The Morgan fingerprint density at radius 2 is 2.25 bits per heavy atom. The zero-order chi connectivity index (χ0) is 14.4. The molecule has 1 aliphatic rings. The van der Waals surface area contributed by atoms with Crippen LogP contribution in [0.15, 0.2) is 29.2 Å². The number of nitrogens with one attached hydrogen (secondary N) is 2. The Bertz CT molecular complexity index is 526. The third-order valence-corrected chi connectivity index (χ3v) is 6.13. The van der Waals surface area contributed by atoms with Crippen LogP contribution in [0.25, 0.3) is 0 Å². The standard InChI is InChI=1S/C14H22N2O2S2/c1-2-15-10-12-5-3-7-14(9-12)20(17,18)16-11-13-6-4-8-19-13/h3,5,7,9,13,15-16H,2,4,6,8,10-11H2,1H3. The molecule has 0 amide bonds. The Balaban J connectivity index is 2.00. The summed E-state index contributed by atoms with van der Waals surface area (Å²) in [7, 11) is -3.39. The molecule has 0 spiro atoms. The van der Waals surface area contributed by atoms with Gasteiger partial charge in [-0.1, -0.05) is 19.1 Å². The van der Waals surface area contributed by atoms with E-state index in [1.165, 1.54) is 6.42 Å². The minimum Gasteiger partial charge on any atom is -0.313 e. The van der Waals surface area contributed by atoms with Crippen molar-refractivity contribution in [2.75, 3.05) is 18.8 Å². The number of benzene rings is 1. The van der Waals surface area contributed by atoms with E-state index in [4.69, 9.17) is 0 Å². The summed E-state index contributed by atoms with van der Waals surface area (Å²) >= 11 is 1.86. The normalized spacial score (nSPS) is 19.4. The second kappa shape index (κ2) is 7.45. The van der Waals surface area contributed by atoms with Crippen LogP contribution in [0.1, 0.15) is 25.3 Å². The number of rotatable bonds is 7. The van der Waals surface area contributed by atoms with Gasteiger partial charge in [0, 0.05) is 18.3 Å². The lowest BCUT2D eigenvalue weighted by atomic mass is 10.2. The lowest BCUT2D eigenvalue weighted by Gasteiger charge is -2.11. The molecular formula is C14H22N2O2S2. The first-order valence-electron chi connectivity index (χ1n) is 7.03. The van der Waals surface area contributed by atoms with Crippen molar-refractivity contribution in [1.29, 1.82) is 0 Å². The Morgan fingerprint density at radius 3 is 2.95 bits per heavy atom. The van der Waals surface area contributed by atoms with Crippen molar-refractivity contribution in [2.45, 2.75) is 36.5 Å². The van der Waals surface area contributed by atoms with Crippen molar-refractivity contribution in [3.8, 4) is 0 Å². The third kappa shape index (κ3) is 4.48. The van der Waals surface area contributed by atoms with Crippen LogP contribution in [0.3, 0.4) is 0 Å². The van der Waals surface area contributed by atoms with Crippen LogP contribution in [0.2, 0.25) is 0 Å². The minimum atomic E-state index is -3.39. The van der Waals surface area contributed by atoms with Gasteiger partial charge in [-0.05, 0) is 42.8 Å². The lowest BCUT2D eigenvalue weighted by Crippen LogP contribution is -2.30. The SMILES string of the molecule is CCNCc1cccc(S(=O)(=O)NCC2CCCS2)c1. The smallest absolute Gasteiger partial charge is 0.240 e. The van der Waals surface area contributed by atoms with Crippen LogP contribution >= 0.6 is 11.8 Å². The van der Waals surface area contributed by atoms with Gasteiger partial charge >= 0.3 is 0 Å². The summed E-state index contributed by atoms with van der Waals surface area (Å²) in [6, 6.07) is 7.13. The number of hydrogen-bond donors (Lipinski definition) is 2. The van der Waals surface area contributed by atoms with E-state index in [0.717, 1.165) is 24.3 Å². The van der Waals surface area contributed by atoms with Crippen LogP contribution in [-0.2, 0) is 16.6 Å². The van der Waals surface area contributed by atoms with Gasteiger partial charge in [-0.15, -0.1) is 0 Å². The largest absolute Gasteiger partial charge is 0.313 e. The van der Waals surface area contributed by atoms with Gasteiger partial charge in [0.2, 0.25) is 10.0 Å². The molecule has 20 heavy (non-hydrogen) atoms. The molecule has 1 unspecified atom stereocenters. The molecule has 1 saturated heterocycles. The number of hydrogen-bond acceptors (Lipinski definition) is 4. The van der Waals surface area contributed by atoms with E-state index in [0.29, 0.717) is 23.2 Å². The van der Waals surface area contributed by atoms with Crippen molar-refractivity contribution < 1.29 is 8.42 Å². The van der Waals surface area contributed by atoms with Gasteiger partial charge in [0.05, 0.1) is 4.90 Å². The van der Waals surface area contributed by atoms with E-state index in [2.05, 4.69) is 10.0 Å². The quantitative estimate of drug-likeness (QED) is 0.808. The highest BCUT2D eigenvalue weighted by atomic mass is 32.2. The molecule has 0 aromatic heterocycles. The molecule has 0 saturated carbocycles. The van der Waals surface area contributed by atoms with Gasteiger partial charge in [0.15, 0.2) is 0 Å². The molecular weight excluding hydrogens is 292 g/mol. The molecule has 6 heteroatoms. The Labute approximate surface area is 125 Å². The van der Waals surface area contributed by atoms with Crippen LogP contribution in [0.4, 0.5) is 0 Å². The number of sulfonamides is 1. The predicted octanol–water partition coefficient (Wildman–Crippen LogP) is 1.97. The van der Waals surface area contributed by atoms with Crippen LogP contribution in [0, 0.1) is 0 Å². The van der Waals surface area contributed by atoms with E-state index < -0.39 is 10.0 Å². The second-order valence-corrected chi connectivity index (χ2v) is 8.09. The molecule has 0 radical (unpaired) electrons. The maximum atomic E-state index is 12.3. The van der Waals surface area contributed by atoms with Gasteiger partial charge in [-0.25, -0.2) is 13.1 Å². The number of thioether (sulfide) groups is 1. The highest BCUT2D eigenvalue weighted by molar-refractivity contribution is 8.00. The summed E-state index contributed by atoms with van der Waals surface area (Å²) in [6.45, 7) is 4.12. The zero-order valence-electron chi connectivity index (χ0n) is 11.8. The van der Waals surface area contributed by atoms with E-state index in [1.807, 2.05) is 24.8 Å². The maximum absolute atomic E-state index is 12.3. The van der Waals surface area contributed by atoms with Crippen LogP contribution < -0.4 is 10.0 Å². The first kappa shape index (κ1) is 15.8. The summed E-state index contributed by atoms with van der Waals surface area (Å²) in [5, 5.41) is 3.63. The molecule has 2 rings (SSSR count). The summed E-state index contributed by atoms with van der Waals surface area (Å²) in [5.74, 6) is 1.14. The molecule has 1 aliphatic heterocycles. The topological polar surface area (TPSA) is 58.2 Å². The highest BCUT2D eigenvalue weighted by Gasteiger charge is 2.20. The fourth-order valence-corrected chi connectivity index (χ4v) is 4.64. The molecule has 1 fully saturated rings. The molecule has 4 nitrogen and oxygen atoms in total. The second-order valence-electron chi connectivity index (χ2n) is 4.91. The first-order valence-corrected chi connectivity index (χ1v) is 9.56. The Kier molecular flexibility index (Phi) is 5.89. The van der Waals surface area contributed by atoms with Crippen LogP contribution in [0.5, 0.6) is 0 Å². The highest BCUT2D eigenvalue weighted by Crippen LogP contribution is 2.25. The van der Waals surface area contributed by atoms with Crippen molar-refractivity contribution in [3.63, 3.8) is 0 Å². The molecule has 1 heterocycles. The molecule has 0 aliphatic carbocycles. The van der Waals surface area contributed by atoms with E-state index in [1.54, 1.807) is 18.2 Å². The van der Waals surface area contributed by atoms with Crippen LogP contribution in [-0.4, -0.2) is 32.5 Å². The molecule has 1 aromatic rings. The van der Waals surface area contributed by atoms with Gasteiger partial charge < -0.3 is 5.32 Å². The summed E-state index contributed by atoms with van der Waals surface area (Å²) in [5.41, 5.74) is 0.991. The molecule has 1 aromatic carbocycles. The lowest BCUT2D eigenvalue weighted by molar-refractivity contribution is 0.578. The third-order valence-electron chi connectivity index (χ3n) is 3.31. The fraction of sp³-hybridized carbons (Fsp3) is 0.571. The Hall–Kier alpha value is -0.560. The maximum Gasteiger partial charge on any atom is 0.240 e. The van der Waals surface area contributed by atoms with Gasteiger partial charge in [0.25, 0.3) is 0 Å². The van der Waals surface area contributed by atoms with E-state index in [9.17, 15) is 8.42 Å². The van der Waals surface area contributed by atoms with Gasteiger partial charge in [-0.3, -0.25) is 0 Å². The van der Waals surface area contributed by atoms with Crippen molar-refractivity contribution >= 4 is 21.8 Å². The fourth-order valence-electron chi connectivity index (χ4n) is 2.18. The summed E-state index contributed by atoms with van der Waals surface area (Å²) in [6.07, 6.45) is 2.29. The zero-order valence-corrected chi connectivity index (χ0v) is 13.4. The average Bonchev–Trinajstić information content (AvgIpc) is 2.97.